The Bertz CT molecular complexity index is 2030. The molecule has 0 unspecified atom stereocenters. The van der Waals surface area contributed by atoms with Crippen molar-refractivity contribution in [2.24, 2.45) is 10.2 Å². The minimum atomic E-state index is -1.35. The van der Waals surface area contributed by atoms with E-state index in [1.165, 1.54) is 36.4 Å². The monoisotopic (exact) mass is 616 g/mol. The summed E-state index contributed by atoms with van der Waals surface area (Å²) in [6.07, 6.45) is 3.24. The van der Waals surface area contributed by atoms with E-state index in [1.807, 2.05) is 48.5 Å². The van der Waals surface area contributed by atoms with Gasteiger partial charge in [0.15, 0.2) is 0 Å². The number of carbonyl (C=O) groups is 4. The van der Waals surface area contributed by atoms with Gasteiger partial charge in [0.1, 0.15) is 22.6 Å². The van der Waals surface area contributed by atoms with Crippen LogP contribution in [0.5, 0.6) is 11.5 Å². The average Bonchev–Trinajstić information content (AvgIpc) is 3.64. The number of para-hydroxylation sites is 2. The van der Waals surface area contributed by atoms with Crippen molar-refractivity contribution in [3.8, 4) is 11.5 Å². The molecule has 0 aliphatic carbocycles. The lowest BCUT2D eigenvalue weighted by Crippen LogP contribution is -2.13. The van der Waals surface area contributed by atoms with Crippen LogP contribution in [0.2, 0.25) is 0 Å². The number of esters is 2. The van der Waals surface area contributed by atoms with Crippen molar-refractivity contribution in [2.45, 2.75) is 12.8 Å². The zero-order valence-corrected chi connectivity index (χ0v) is 23.9. The molecule has 2 heterocycles. The van der Waals surface area contributed by atoms with Crippen molar-refractivity contribution in [3.63, 3.8) is 0 Å². The van der Waals surface area contributed by atoms with E-state index in [4.69, 9.17) is 9.47 Å². The summed E-state index contributed by atoms with van der Waals surface area (Å²) in [4.78, 5) is 55.4. The van der Waals surface area contributed by atoms with Gasteiger partial charge in [-0.3, -0.25) is 9.59 Å². The van der Waals surface area contributed by atoms with Crippen molar-refractivity contribution in [1.29, 1.82) is 0 Å². The van der Waals surface area contributed by atoms with Crippen molar-refractivity contribution < 1.29 is 38.9 Å². The Hall–Kier alpha value is -6.56. The molecule has 2 aromatic heterocycles. The van der Waals surface area contributed by atoms with E-state index in [-0.39, 0.29) is 46.8 Å². The maximum Gasteiger partial charge on any atom is 0.339 e. The first-order valence-corrected chi connectivity index (χ1v) is 13.9. The van der Waals surface area contributed by atoms with E-state index in [0.717, 1.165) is 21.8 Å². The van der Waals surface area contributed by atoms with Crippen LogP contribution in [0.15, 0.2) is 108 Å². The standard InChI is InChI=1S/C34H24N4O8/c39-31(13-19-17-35-27-7-3-1-5-23(19)27)45-29-11-9-21(15-25(29)33(41)42)37-38-22-10-12-30(26(16-22)34(43)44)46-32(40)14-20-18-36-28-8-4-2-6-24(20)28/h1-12,15-18,35-36H,13-14H2,(H,41,42)(H,43,44)/b38-37+. The van der Waals surface area contributed by atoms with Gasteiger partial charge in [0.2, 0.25) is 0 Å². The summed E-state index contributed by atoms with van der Waals surface area (Å²) in [6, 6.07) is 22.7. The van der Waals surface area contributed by atoms with E-state index >= 15 is 0 Å². The number of ether oxygens (including phenoxy) is 2. The minimum absolute atomic E-state index is 0.0786. The lowest BCUT2D eigenvalue weighted by atomic mass is 10.1. The van der Waals surface area contributed by atoms with Gasteiger partial charge in [-0.1, -0.05) is 36.4 Å². The van der Waals surface area contributed by atoms with Crippen LogP contribution < -0.4 is 9.47 Å². The second-order valence-corrected chi connectivity index (χ2v) is 10.2. The van der Waals surface area contributed by atoms with Crippen LogP contribution in [0.1, 0.15) is 31.8 Å². The van der Waals surface area contributed by atoms with Crippen LogP contribution in [-0.4, -0.2) is 44.1 Å². The molecule has 0 spiro atoms. The van der Waals surface area contributed by atoms with Crippen LogP contribution >= 0.6 is 0 Å². The number of aromatic nitrogens is 2. The Kier molecular flexibility index (Phi) is 8.07. The molecule has 0 saturated carbocycles. The Labute approximate surface area is 259 Å². The summed E-state index contributed by atoms with van der Waals surface area (Å²) in [5, 5.41) is 29.2. The smallest absolute Gasteiger partial charge is 0.339 e. The Morgan fingerprint density at radius 3 is 1.41 bits per heavy atom. The lowest BCUT2D eigenvalue weighted by molar-refractivity contribution is -0.134. The molecule has 12 nitrogen and oxygen atoms in total. The van der Waals surface area contributed by atoms with Gasteiger partial charge in [0.25, 0.3) is 0 Å². The predicted molar refractivity (Wildman–Crippen MR) is 166 cm³/mol. The molecule has 6 rings (SSSR count). The van der Waals surface area contributed by atoms with Gasteiger partial charge < -0.3 is 29.7 Å². The first-order valence-electron chi connectivity index (χ1n) is 13.9. The van der Waals surface area contributed by atoms with Crippen LogP contribution in [0.3, 0.4) is 0 Å². The quantitative estimate of drug-likeness (QED) is 0.0739. The molecule has 0 bridgehead atoms. The van der Waals surface area contributed by atoms with E-state index < -0.39 is 23.9 Å². The zero-order valence-electron chi connectivity index (χ0n) is 23.9. The second kappa shape index (κ2) is 12.6. The summed E-state index contributed by atoms with van der Waals surface area (Å²) in [6.45, 7) is 0. The first kappa shape index (κ1) is 29.5. The maximum absolute atomic E-state index is 12.7. The molecule has 0 radical (unpaired) electrons. The molecule has 4 aromatic carbocycles. The van der Waals surface area contributed by atoms with E-state index in [9.17, 15) is 29.4 Å². The second-order valence-electron chi connectivity index (χ2n) is 10.2. The first-order chi connectivity index (χ1) is 22.2. The molecule has 228 valence electrons. The third kappa shape index (κ3) is 6.36. The van der Waals surface area contributed by atoms with Crippen molar-refractivity contribution in [2.75, 3.05) is 0 Å². The van der Waals surface area contributed by atoms with Crippen LogP contribution in [0.25, 0.3) is 21.8 Å². The molecule has 4 N–H and O–H groups in total. The Balaban J connectivity index is 1.15. The fraction of sp³-hybridized carbons (Fsp3) is 0.0588. The summed E-state index contributed by atoms with van der Waals surface area (Å²) in [7, 11) is 0. The molecule has 0 aliphatic rings. The van der Waals surface area contributed by atoms with Gasteiger partial charge >= 0.3 is 23.9 Å². The van der Waals surface area contributed by atoms with Gasteiger partial charge in [-0.15, -0.1) is 0 Å². The zero-order chi connectivity index (χ0) is 32.2. The summed E-state index contributed by atoms with van der Waals surface area (Å²) in [5.74, 6) is -4.32. The molecule has 0 atom stereocenters. The fourth-order valence-corrected chi connectivity index (χ4v) is 4.97. The van der Waals surface area contributed by atoms with Crippen molar-refractivity contribution in [1.82, 2.24) is 9.97 Å². The van der Waals surface area contributed by atoms with E-state index in [0.29, 0.717) is 11.1 Å². The number of H-pyrrole nitrogens is 2. The average molecular weight is 617 g/mol. The number of carboxylic acids is 2. The minimum Gasteiger partial charge on any atom is -0.478 e. The number of rotatable bonds is 10. The number of benzene rings is 4. The summed E-state index contributed by atoms with van der Waals surface area (Å²) < 4.78 is 10.7. The molecule has 6 aromatic rings. The van der Waals surface area contributed by atoms with Crippen LogP contribution in [0, 0.1) is 0 Å². The highest BCUT2D eigenvalue weighted by molar-refractivity contribution is 5.95. The Morgan fingerprint density at radius 2 is 1.00 bits per heavy atom. The highest BCUT2D eigenvalue weighted by Gasteiger charge is 2.19. The molecule has 46 heavy (non-hydrogen) atoms. The number of azo groups is 1. The highest BCUT2D eigenvalue weighted by Crippen LogP contribution is 2.30. The third-order valence-electron chi connectivity index (χ3n) is 7.14. The molecule has 0 saturated heterocycles. The number of carbonyl (C=O) groups excluding carboxylic acids is 2. The molecule has 0 amide bonds. The van der Waals surface area contributed by atoms with Gasteiger partial charge in [0.05, 0.1) is 24.2 Å². The van der Waals surface area contributed by atoms with Crippen LogP contribution in [0.4, 0.5) is 11.4 Å². The topological polar surface area (TPSA) is 183 Å². The summed E-state index contributed by atoms with van der Waals surface area (Å²) >= 11 is 0. The van der Waals surface area contributed by atoms with Gasteiger partial charge in [-0.2, -0.15) is 10.2 Å². The number of nitrogens with one attached hydrogen (secondary N) is 2. The van der Waals surface area contributed by atoms with Crippen LogP contribution in [-0.2, 0) is 22.4 Å². The normalized spacial score (nSPS) is 11.2. The summed E-state index contributed by atoms with van der Waals surface area (Å²) in [5.41, 5.74) is 2.73. The SMILES string of the molecule is O=C(Cc1c[nH]c2ccccc12)Oc1ccc(/N=N/c2ccc(OC(=O)Cc3c[nH]c4ccccc34)c(C(=O)O)c2)cc1C(=O)O. The van der Waals surface area contributed by atoms with Gasteiger partial charge in [0, 0.05) is 34.2 Å². The number of hydrogen-bond donors (Lipinski definition) is 4. The number of hydrogen-bond acceptors (Lipinski definition) is 8. The number of nitrogens with zero attached hydrogens (tertiary/aromatic N) is 2. The maximum atomic E-state index is 12.7. The number of fused-ring (bicyclic) bond motifs is 2. The largest absolute Gasteiger partial charge is 0.478 e. The molecule has 0 aliphatic heterocycles. The number of aromatic amines is 2. The highest BCUT2D eigenvalue weighted by atomic mass is 16.5. The number of aromatic carboxylic acids is 2. The molecule has 0 fully saturated rings. The van der Waals surface area contributed by atoms with Crippen molar-refractivity contribution in [3.05, 3.63) is 120 Å². The van der Waals surface area contributed by atoms with Crippen molar-refractivity contribution >= 4 is 57.1 Å². The lowest BCUT2D eigenvalue weighted by Gasteiger charge is -2.09. The molecular formula is C34H24N4O8. The predicted octanol–water partition coefficient (Wildman–Crippen LogP) is 6.76. The van der Waals surface area contributed by atoms with Gasteiger partial charge in [-0.05, 0) is 59.7 Å². The van der Waals surface area contributed by atoms with Gasteiger partial charge in [-0.25, -0.2) is 9.59 Å². The molecule has 12 heteroatoms. The third-order valence-corrected chi connectivity index (χ3v) is 7.14. The Morgan fingerprint density at radius 1 is 0.587 bits per heavy atom. The molecular weight excluding hydrogens is 592 g/mol. The fourth-order valence-electron chi connectivity index (χ4n) is 4.97. The van der Waals surface area contributed by atoms with E-state index in [2.05, 4.69) is 20.2 Å². The number of carboxylic acid groups (broad SMARTS) is 2. The van der Waals surface area contributed by atoms with E-state index in [1.54, 1.807) is 12.4 Å².